The number of carbonyl (C=O) groups excluding carboxylic acids is 1. The number of rotatable bonds is 7. The summed E-state index contributed by atoms with van der Waals surface area (Å²) in [5.41, 5.74) is 2.85. The van der Waals surface area contributed by atoms with Crippen molar-refractivity contribution < 1.29 is 9.21 Å². The molecule has 1 aromatic heterocycles. The summed E-state index contributed by atoms with van der Waals surface area (Å²) in [6.07, 6.45) is 0.656. The first-order valence-corrected chi connectivity index (χ1v) is 9.94. The smallest absolute Gasteiger partial charge is 0.277 e. The third-order valence-electron chi connectivity index (χ3n) is 4.02. The van der Waals surface area contributed by atoms with Crippen molar-refractivity contribution in [3.63, 3.8) is 0 Å². The van der Waals surface area contributed by atoms with E-state index >= 15 is 0 Å². The van der Waals surface area contributed by atoms with Crippen LogP contribution in [0, 0.1) is 6.92 Å². The molecular weight excluding hydrogens is 382 g/mol. The van der Waals surface area contributed by atoms with E-state index in [4.69, 9.17) is 16.0 Å². The molecule has 5 nitrogen and oxygen atoms in total. The first-order chi connectivity index (χ1) is 13.0. The molecule has 7 heteroatoms. The van der Waals surface area contributed by atoms with Gasteiger partial charge in [0, 0.05) is 6.42 Å². The molecule has 3 aromatic rings. The molecule has 1 amide bonds. The number of hydrogen-bond donors (Lipinski definition) is 1. The maximum absolute atomic E-state index is 12.1. The second-order valence-corrected chi connectivity index (χ2v) is 7.63. The van der Waals surface area contributed by atoms with Crippen LogP contribution < -0.4 is 5.32 Å². The Morgan fingerprint density at radius 2 is 2.00 bits per heavy atom. The highest BCUT2D eigenvalue weighted by Gasteiger charge is 2.14. The largest absolute Gasteiger partial charge is 0.416 e. The molecule has 1 unspecified atom stereocenters. The number of nitrogens with zero attached hydrogens (tertiary/aromatic N) is 2. The maximum atomic E-state index is 12.1. The molecule has 1 heterocycles. The van der Waals surface area contributed by atoms with Crippen LogP contribution in [0.25, 0.3) is 0 Å². The zero-order chi connectivity index (χ0) is 19.2. The van der Waals surface area contributed by atoms with E-state index in [1.54, 1.807) is 6.07 Å². The van der Waals surface area contributed by atoms with E-state index in [0.29, 0.717) is 28.2 Å². The fraction of sp³-hybridized carbons (Fsp3) is 0.250. The monoisotopic (exact) mass is 401 g/mol. The van der Waals surface area contributed by atoms with Crippen molar-refractivity contribution in [1.82, 2.24) is 10.2 Å². The normalized spacial score (nSPS) is 12.0. The Morgan fingerprint density at radius 1 is 1.22 bits per heavy atom. The van der Waals surface area contributed by atoms with Crippen LogP contribution in [0.2, 0.25) is 5.02 Å². The van der Waals surface area contributed by atoms with Gasteiger partial charge in [-0.25, -0.2) is 0 Å². The number of aromatic nitrogens is 2. The highest BCUT2D eigenvalue weighted by atomic mass is 35.5. The highest BCUT2D eigenvalue weighted by Crippen LogP contribution is 2.24. The predicted octanol–water partition coefficient (Wildman–Crippen LogP) is 5.11. The number of hydrogen-bond acceptors (Lipinski definition) is 5. The molecule has 0 saturated heterocycles. The van der Waals surface area contributed by atoms with Crippen molar-refractivity contribution in [3.05, 3.63) is 70.6 Å². The van der Waals surface area contributed by atoms with Crippen molar-refractivity contribution in [2.75, 3.05) is 11.1 Å². The average Bonchev–Trinajstić information content (AvgIpc) is 3.10. The van der Waals surface area contributed by atoms with Crippen LogP contribution in [-0.4, -0.2) is 21.9 Å². The van der Waals surface area contributed by atoms with E-state index in [-0.39, 0.29) is 17.6 Å². The third-order valence-corrected chi connectivity index (χ3v) is 5.15. The minimum absolute atomic E-state index is 0.167. The lowest BCUT2D eigenvalue weighted by atomic mass is 9.98. The maximum Gasteiger partial charge on any atom is 0.277 e. The molecule has 0 saturated carbocycles. The molecule has 0 radical (unpaired) electrons. The average molecular weight is 402 g/mol. The molecule has 0 bridgehead atoms. The first-order valence-electron chi connectivity index (χ1n) is 8.57. The SMILES string of the molecule is Cc1ccc(NC(=O)CSc2nnc(CC(C)c3ccccc3)o2)c(Cl)c1. The minimum atomic E-state index is -0.178. The third kappa shape index (κ3) is 5.58. The second kappa shape index (κ2) is 9.06. The number of anilines is 1. The Morgan fingerprint density at radius 3 is 2.74 bits per heavy atom. The number of amides is 1. The van der Waals surface area contributed by atoms with Crippen LogP contribution in [0.15, 0.2) is 58.2 Å². The van der Waals surface area contributed by atoms with Gasteiger partial charge in [-0.3, -0.25) is 4.79 Å². The van der Waals surface area contributed by atoms with Crippen LogP contribution in [0.4, 0.5) is 5.69 Å². The Bertz CT molecular complexity index is 915. The van der Waals surface area contributed by atoms with E-state index < -0.39 is 0 Å². The summed E-state index contributed by atoms with van der Waals surface area (Å²) in [5.74, 6) is 0.829. The summed E-state index contributed by atoms with van der Waals surface area (Å²) in [7, 11) is 0. The topological polar surface area (TPSA) is 68.0 Å². The summed E-state index contributed by atoms with van der Waals surface area (Å²) in [6, 6.07) is 15.7. The van der Waals surface area contributed by atoms with Crippen molar-refractivity contribution in [2.24, 2.45) is 0 Å². The fourth-order valence-corrected chi connectivity index (χ4v) is 3.44. The van der Waals surface area contributed by atoms with E-state index in [1.165, 1.54) is 17.3 Å². The number of aryl methyl sites for hydroxylation is 1. The van der Waals surface area contributed by atoms with E-state index in [0.717, 1.165) is 5.56 Å². The number of carbonyl (C=O) groups is 1. The number of thioether (sulfide) groups is 1. The summed E-state index contributed by atoms with van der Waals surface area (Å²) >= 11 is 7.34. The van der Waals surface area contributed by atoms with Gasteiger partial charge in [0.2, 0.25) is 11.8 Å². The van der Waals surface area contributed by atoms with Gasteiger partial charge >= 0.3 is 0 Å². The molecular formula is C20H20ClN3O2S. The van der Waals surface area contributed by atoms with Crippen molar-refractivity contribution in [3.8, 4) is 0 Å². The Kier molecular flexibility index (Phi) is 6.53. The van der Waals surface area contributed by atoms with Gasteiger partial charge in [-0.15, -0.1) is 10.2 Å². The van der Waals surface area contributed by atoms with Gasteiger partial charge in [-0.2, -0.15) is 0 Å². The van der Waals surface area contributed by atoms with Crippen LogP contribution in [0.3, 0.4) is 0 Å². The Labute approximate surface area is 167 Å². The van der Waals surface area contributed by atoms with Gasteiger partial charge in [-0.1, -0.05) is 66.7 Å². The number of benzene rings is 2. The van der Waals surface area contributed by atoms with E-state index in [2.05, 4.69) is 34.6 Å². The zero-order valence-corrected chi connectivity index (χ0v) is 16.7. The lowest BCUT2D eigenvalue weighted by Crippen LogP contribution is -2.14. The molecule has 140 valence electrons. The van der Waals surface area contributed by atoms with Crippen LogP contribution in [-0.2, 0) is 11.2 Å². The molecule has 0 spiro atoms. The Balaban J connectivity index is 1.51. The van der Waals surface area contributed by atoms with Crippen LogP contribution >= 0.6 is 23.4 Å². The molecule has 1 N–H and O–H groups in total. The minimum Gasteiger partial charge on any atom is -0.416 e. The van der Waals surface area contributed by atoms with Gasteiger partial charge in [0.25, 0.3) is 5.22 Å². The Hall–Kier alpha value is -2.31. The summed E-state index contributed by atoms with van der Waals surface area (Å²) in [5, 5.41) is 11.8. The number of nitrogens with one attached hydrogen (secondary N) is 1. The highest BCUT2D eigenvalue weighted by molar-refractivity contribution is 7.99. The van der Waals surface area contributed by atoms with Gasteiger partial charge in [0.15, 0.2) is 0 Å². The fourth-order valence-electron chi connectivity index (χ4n) is 2.58. The zero-order valence-electron chi connectivity index (χ0n) is 15.1. The quantitative estimate of drug-likeness (QED) is 0.557. The van der Waals surface area contributed by atoms with E-state index in [1.807, 2.05) is 37.3 Å². The van der Waals surface area contributed by atoms with Crippen molar-refractivity contribution in [1.29, 1.82) is 0 Å². The van der Waals surface area contributed by atoms with Crippen LogP contribution in [0.5, 0.6) is 0 Å². The molecule has 3 rings (SSSR count). The molecule has 0 aliphatic carbocycles. The predicted molar refractivity (Wildman–Crippen MR) is 108 cm³/mol. The molecule has 0 fully saturated rings. The van der Waals surface area contributed by atoms with E-state index in [9.17, 15) is 4.79 Å². The molecule has 2 aromatic carbocycles. The van der Waals surface area contributed by atoms with Gasteiger partial charge in [-0.05, 0) is 36.1 Å². The van der Waals surface area contributed by atoms with Gasteiger partial charge in [0.1, 0.15) is 0 Å². The second-order valence-electron chi connectivity index (χ2n) is 6.30. The summed E-state index contributed by atoms with van der Waals surface area (Å²) in [4.78, 5) is 12.1. The van der Waals surface area contributed by atoms with Gasteiger partial charge < -0.3 is 9.73 Å². The standard InChI is InChI=1S/C20H20ClN3O2S/c1-13-8-9-17(16(21)10-13)22-18(25)12-27-20-24-23-19(26-20)11-14(2)15-6-4-3-5-7-15/h3-10,14H,11-12H2,1-2H3,(H,22,25). The molecule has 27 heavy (non-hydrogen) atoms. The molecule has 1 atom stereocenters. The van der Waals surface area contributed by atoms with Crippen LogP contribution in [0.1, 0.15) is 29.9 Å². The van der Waals surface area contributed by atoms with Gasteiger partial charge in [0.05, 0.1) is 16.5 Å². The van der Waals surface area contributed by atoms with Crippen molar-refractivity contribution in [2.45, 2.75) is 31.4 Å². The first kappa shape index (κ1) is 19.5. The summed E-state index contributed by atoms with van der Waals surface area (Å²) in [6.45, 7) is 4.06. The van der Waals surface area contributed by atoms with Crippen molar-refractivity contribution >= 4 is 35.0 Å². The lowest BCUT2D eigenvalue weighted by molar-refractivity contribution is -0.113. The molecule has 0 aliphatic rings. The number of halogens is 1. The lowest BCUT2D eigenvalue weighted by Gasteiger charge is -2.08. The summed E-state index contributed by atoms with van der Waals surface area (Å²) < 4.78 is 5.65. The molecule has 0 aliphatic heterocycles.